The molecule has 0 N–H and O–H groups in total. The lowest BCUT2D eigenvalue weighted by Gasteiger charge is -2.20. The van der Waals surface area contributed by atoms with Crippen LogP contribution in [0.1, 0.15) is 43.9 Å². The van der Waals surface area contributed by atoms with Crippen LogP contribution < -0.4 is 0 Å². The van der Waals surface area contributed by atoms with E-state index in [0.29, 0.717) is 6.42 Å². The predicted molar refractivity (Wildman–Crippen MR) is 63.8 cm³/mol. The van der Waals surface area contributed by atoms with E-state index in [-0.39, 0.29) is 5.41 Å². The fraction of sp³-hybridized carbons (Fsp3) is 0.500. The molecule has 0 aromatic heterocycles. The van der Waals surface area contributed by atoms with Gasteiger partial charge in [0.15, 0.2) is 0 Å². The Morgan fingerprint density at radius 2 is 1.93 bits per heavy atom. The standard InChI is InChI=1S/C14H19N/c1-11-7-8-13(14(2,3)4)10-12(11)6-5-9-15/h7-8,10H,5-6H2,1-4H3. The van der Waals surface area contributed by atoms with Crippen molar-refractivity contribution in [1.82, 2.24) is 0 Å². The zero-order valence-electron chi connectivity index (χ0n) is 10.1. The second-order valence-corrected chi connectivity index (χ2v) is 5.05. The maximum atomic E-state index is 8.60. The Hall–Kier alpha value is -1.29. The van der Waals surface area contributed by atoms with Crippen molar-refractivity contribution in [1.29, 1.82) is 5.26 Å². The fourth-order valence-electron chi connectivity index (χ4n) is 1.60. The van der Waals surface area contributed by atoms with Crippen LogP contribution in [0.4, 0.5) is 0 Å². The lowest BCUT2D eigenvalue weighted by Crippen LogP contribution is -2.11. The van der Waals surface area contributed by atoms with E-state index in [0.717, 1.165) is 6.42 Å². The Labute approximate surface area is 92.7 Å². The minimum atomic E-state index is 0.190. The summed E-state index contributed by atoms with van der Waals surface area (Å²) in [7, 11) is 0. The number of hydrogen-bond acceptors (Lipinski definition) is 1. The smallest absolute Gasteiger partial charge is 0.0625 e. The summed E-state index contributed by atoms with van der Waals surface area (Å²) < 4.78 is 0. The van der Waals surface area contributed by atoms with Crippen molar-refractivity contribution in [2.75, 3.05) is 0 Å². The van der Waals surface area contributed by atoms with Gasteiger partial charge < -0.3 is 0 Å². The molecule has 0 aliphatic carbocycles. The normalized spacial score (nSPS) is 11.1. The quantitative estimate of drug-likeness (QED) is 0.715. The van der Waals surface area contributed by atoms with Crippen molar-refractivity contribution in [2.24, 2.45) is 0 Å². The van der Waals surface area contributed by atoms with Crippen molar-refractivity contribution in [3.05, 3.63) is 34.9 Å². The molecule has 0 radical (unpaired) electrons. The van der Waals surface area contributed by atoms with Gasteiger partial charge in [-0.15, -0.1) is 0 Å². The van der Waals surface area contributed by atoms with Crippen LogP contribution in [-0.2, 0) is 11.8 Å². The number of benzene rings is 1. The molecule has 1 aromatic carbocycles. The van der Waals surface area contributed by atoms with E-state index in [2.05, 4.69) is 52.0 Å². The lowest BCUT2D eigenvalue weighted by atomic mass is 9.85. The molecule has 0 fully saturated rings. The number of nitriles is 1. The summed E-state index contributed by atoms with van der Waals surface area (Å²) in [4.78, 5) is 0. The molecular weight excluding hydrogens is 182 g/mol. The first-order chi connectivity index (χ1) is 6.95. The summed E-state index contributed by atoms with van der Waals surface area (Å²) in [6.07, 6.45) is 1.47. The fourth-order valence-corrected chi connectivity index (χ4v) is 1.60. The van der Waals surface area contributed by atoms with Gasteiger partial charge in [0.05, 0.1) is 6.07 Å². The molecule has 0 atom stereocenters. The van der Waals surface area contributed by atoms with Crippen molar-refractivity contribution >= 4 is 0 Å². The van der Waals surface area contributed by atoms with E-state index < -0.39 is 0 Å². The monoisotopic (exact) mass is 201 g/mol. The van der Waals surface area contributed by atoms with Gasteiger partial charge in [-0.1, -0.05) is 39.0 Å². The molecule has 0 heterocycles. The first-order valence-corrected chi connectivity index (χ1v) is 5.42. The van der Waals surface area contributed by atoms with Gasteiger partial charge in [-0.2, -0.15) is 5.26 Å². The van der Waals surface area contributed by atoms with Crippen LogP contribution in [0.5, 0.6) is 0 Å². The van der Waals surface area contributed by atoms with Gasteiger partial charge >= 0.3 is 0 Å². The summed E-state index contributed by atoms with van der Waals surface area (Å²) in [6, 6.07) is 8.79. The molecule has 0 saturated carbocycles. The molecule has 15 heavy (non-hydrogen) atoms. The maximum absolute atomic E-state index is 8.60. The molecule has 0 aliphatic rings. The first kappa shape index (κ1) is 11.8. The van der Waals surface area contributed by atoms with Gasteiger partial charge in [0, 0.05) is 6.42 Å². The first-order valence-electron chi connectivity index (χ1n) is 5.42. The minimum Gasteiger partial charge on any atom is -0.198 e. The Morgan fingerprint density at radius 3 is 2.47 bits per heavy atom. The second kappa shape index (κ2) is 4.49. The number of hydrogen-bond donors (Lipinski definition) is 0. The summed E-state index contributed by atoms with van der Waals surface area (Å²) in [6.45, 7) is 8.75. The summed E-state index contributed by atoms with van der Waals surface area (Å²) >= 11 is 0. The SMILES string of the molecule is Cc1ccc(C(C)(C)C)cc1CCC#N. The third-order valence-corrected chi connectivity index (χ3v) is 2.72. The van der Waals surface area contributed by atoms with Gasteiger partial charge in [0.25, 0.3) is 0 Å². The third kappa shape index (κ3) is 3.09. The second-order valence-electron chi connectivity index (χ2n) is 5.05. The summed E-state index contributed by atoms with van der Waals surface area (Å²) in [5.41, 5.74) is 4.14. The Morgan fingerprint density at radius 1 is 1.27 bits per heavy atom. The largest absolute Gasteiger partial charge is 0.198 e. The molecule has 0 bridgehead atoms. The Kier molecular flexibility index (Phi) is 3.52. The molecule has 1 nitrogen and oxygen atoms in total. The van der Waals surface area contributed by atoms with Crippen molar-refractivity contribution in [3.8, 4) is 6.07 Å². The van der Waals surface area contributed by atoms with Gasteiger partial charge in [-0.3, -0.25) is 0 Å². The zero-order chi connectivity index (χ0) is 11.5. The van der Waals surface area contributed by atoms with E-state index >= 15 is 0 Å². The average Bonchev–Trinajstić information content (AvgIpc) is 2.15. The molecule has 1 heteroatoms. The lowest BCUT2D eigenvalue weighted by molar-refractivity contribution is 0.589. The molecular formula is C14H19N. The van der Waals surface area contributed by atoms with E-state index in [1.807, 2.05) is 0 Å². The van der Waals surface area contributed by atoms with Crippen molar-refractivity contribution in [3.63, 3.8) is 0 Å². The molecule has 1 aromatic rings. The number of aryl methyl sites for hydroxylation is 2. The molecule has 0 unspecified atom stereocenters. The topological polar surface area (TPSA) is 23.8 Å². The van der Waals surface area contributed by atoms with Gasteiger partial charge in [-0.05, 0) is 35.4 Å². The van der Waals surface area contributed by atoms with Crippen LogP contribution in [0.25, 0.3) is 0 Å². The van der Waals surface area contributed by atoms with Crippen LogP contribution in [0.3, 0.4) is 0 Å². The molecule has 0 aliphatic heterocycles. The highest BCUT2D eigenvalue weighted by molar-refractivity contribution is 5.34. The minimum absolute atomic E-state index is 0.190. The van der Waals surface area contributed by atoms with Gasteiger partial charge in [0.1, 0.15) is 0 Å². The molecule has 0 spiro atoms. The Balaban J connectivity index is 3.01. The summed E-state index contributed by atoms with van der Waals surface area (Å²) in [5, 5.41) is 8.60. The van der Waals surface area contributed by atoms with E-state index in [1.54, 1.807) is 0 Å². The van der Waals surface area contributed by atoms with E-state index in [4.69, 9.17) is 5.26 Å². The average molecular weight is 201 g/mol. The van der Waals surface area contributed by atoms with E-state index in [1.165, 1.54) is 16.7 Å². The highest BCUT2D eigenvalue weighted by Crippen LogP contribution is 2.24. The van der Waals surface area contributed by atoms with Gasteiger partial charge in [-0.25, -0.2) is 0 Å². The highest BCUT2D eigenvalue weighted by atomic mass is 14.2. The molecule has 0 amide bonds. The zero-order valence-corrected chi connectivity index (χ0v) is 10.1. The Bertz CT molecular complexity index is 377. The molecule has 80 valence electrons. The molecule has 1 rings (SSSR count). The maximum Gasteiger partial charge on any atom is 0.0625 e. The number of rotatable bonds is 2. The van der Waals surface area contributed by atoms with Crippen LogP contribution in [-0.4, -0.2) is 0 Å². The van der Waals surface area contributed by atoms with Crippen molar-refractivity contribution in [2.45, 2.75) is 46.0 Å². The van der Waals surface area contributed by atoms with Crippen LogP contribution in [0, 0.1) is 18.3 Å². The van der Waals surface area contributed by atoms with Crippen molar-refractivity contribution < 1.29 is 0 Å². The summed E-state index contributed by atoms with van der Waals surface area (Å²) in [5.74, 6) is 0. The number of nitrogens with zero attached hydrogens (tertiary/aromatic N) is 1. The predicted octanol–water partition coefficient (Wildman–Crippen LogP) is 3.75. The van der Waals surface area contributed by atoms with Crippen LogP contribution >= 0.6 is 0 Å². The van der Waals surface area contributed by atoms with Crippen LogP contribution in [0.15, 0.2) is 18.2 Å². The highest BCUT2D eigenvalue weighted by Gasteiger charge is 2.14. The molecule has 0 saturated heterocycles. The van der Waals surface area contributed by atoms with Gasteiger partial charge in [0.2, 0.25) is 0 Å². The van der Waals surface area contributed by atoms with E-state index in [9.17, 15) is 0 Å². The third-order valence-electron chi connectivity index (χ3n) is 2.72. The van der Waals surface area contributed by atoms with Crippen LogP contribution in [0.2, 0.25) is 0 Å².